The van der Waals surface area contributed by atoms with Gasteiger partial charge in [-0.3, -0.25) is 4.98 Å². The normalized spacial score (nSPS) is 15.0. The summed E-state index contributed by atoms with van der Waals surface area (Å²) in [5, 5.41) is 20.6. The van der Waals surface area contributed by atoms with Crippen molar-refractivity contribution in [2.45, 2.75) is 117 Å². The van der Waals surface area contributed by atoms with Crippen LogP contribution in [0.5, 0.6) is 5.88 Å². The lowest BCUT2D eigenvalue weighted by Gasteiger charge is -2.36. The maximum Gasteiger partial charge on any atom is 0.433 e. The first-order chi connectivity index (χ1) is 31.1. The summed E-state index contributed by atoms with van der Waals surface area (Å²) in [6.07, 6.45) is 5.46. The highest BCUT2D eigenvalue weighted by Gasteiger charge is 2.33. The minimum atomic E-state index is -4.63. The van der Waals surface area contributed by atoms with Crippen molar-refractivity contribution in [3.05, 3.63) is 88.8 Å². The van der Waals surface area contributed by atoms with E-state index in [9.17, 15) is 23.1 Å². The number of aliphatic hydroxyl groups is 1. The number of hydrogen-bond acceptors (Lipinski definition) is 13. The molecular formula is C47H62F3N9O6. The predicted molar refractivity (Wildman–Crippen MR) is 241 cm³/mol. The van der Waals surface area contributed by atoms with Crippen molar-refractivity contribution in [3.8, 4) is 17.0 Å². The molecule has 2 atom stereocenters. The molecule has 0 unspecified atom stereocenters. The van der Waals surface area contributed by atoms with Gasteiger partial charge in [-0.2, -0.15) is 22.8 Å². The number of halogens is 3. The molecule has 1 amide bonds. The Balaban J connectivity index is 0.912. The second-order valence-corrected chi connectivity index (χ2v) is 17.2. The minimum Gasteiger partial charge on any atom is -0.475 e. The number of aryl methyl sites for hydroxylation is 3. The number of anilines is 2. The molecule has 3 N–H and O–H groups in total. The van der Waals surface area contributed by atoms with E-state index in [-0.39, 0.29) is 19.1 Å². The van der Waals surface area contributed by atoms with Crippen LogP contribution < -0.4 is 20.3 Å². The number of ether oxygens (including phenoxy) is 4. The number of aliphatic hydroxyl groups excluding tert-OH is 1. The van der Waals surface area contributed by atoms with E-state index in [1.54, 1.807) is 52.9 Å². The smallest absolute Gasteiger partial charge is 0.433 e. The SMILES string of the molecule is CCc1cnn2c(NCc3ccc(OCCOCCOCCCc4cc(-c5cnc([C@H](C)NC(=O)OC(C)(C)C)cc5C)cc(C(F)(F)F)n4)nc3)cc(N3CCCC[C@H]3CCO)nc12. The third-order valence-electron chi connectivity index (χ3n) is 10.9. The number of carbonyl (C=O) groups is 1. The van der Waals surface area contributed by atoms with Crippen molar-refractivity contribution in [1.82, 2.24) is 34.9 Å². The van der Waals surface area contributed by atoms with Gasteiger partial charge >= 0.3 is 12.3 Å². The van der Waals surface area contributed by atoms with Crippen LogP contribution in [0.25, 0.3) is 16.8 Å². The molecule has 0 saturated carbocycles. The second-order valence-electron chi connectivity index (χ2n) is 17.2. The van der Waals surface area contributed by atoms with E-state index in [0.717, 1.165) is 66.7 Å². The lowest BCUT2D eigenvalue weighted by Crippen LogP contribution is -2.40. The van der Waals surface area contributed by atoms with Gasteiger partial charge in [-0.05, 0) is 114 Å². The van der Waals surface area contributed by atoms with Crippen LogP contribution in [0.2, 0.25) is 0 Å². The Morgan fingerprint density at radius 3 is 2.46 bits per heavy atom. The Morgan fingerprint density at radius 2 is 1.75 bits per heavy atom. The van der Waals surface area contributed by atoms with E-state index in [1.165, 1.54) is 6.20 Å². The number of hydrogen-bond donors (Lipinski definition) is 3. The highest BCUT2D eigenvalue weighted by atomic mass is 19.4. The summed E-state index contributed by atoms with van der Waals surface area (Å²) < 4.78 is 66.0. The molecule has 5 aromatic rings. The van der Waals surface area contributed by atoms with Crippen molar-refractivity contribution in [2.75, 3.05) is 56.4 Å². The molecule has 0 bridgehead atoms. The summed E-state index contributed by atoms with van der Waals surface area (Å²) in [4.78, 5) is 32.4. The van der Waals surface area contributed by atoms with E-state index in [4.69, 9.17) is 23.9 Å². The van der Waals surface area contributed by atoms with Crippen LogP contribution in [-0.2, 0) is 39.8 Å². The van der Waals surface area contributed by atoms with E-state index in [0.29, 0.717) is 86.4 Å². The number of pyridine rings is 3. The number of nitrogens with zero attached hydrogens (tertiary/aromatic N) is 7. The molecule has 1 aliphatic heterocycles. The number of piperidine rings is 1. The largest absolute Gasteiger partial charge is 0.475 e. The molecule has 0 aromatic carbocycles. The molecule has 5 aromatic heterocycles. The van der Waals surface area contributed by atoms with Gasteiger partial charge in [0.25, 0.3) is 0 Å². The standard InChI is InChI=1S/C47H62F3N9O6/c1-7-34-29-54-59-41(26-42(57-44(34)59)58-16-9-8-12-37(58)15-17-60)52-27-33-13-14-43(53-28-33)64-22-21-63-20-19-62-18-10-11-36-24-35(25-40(56-36)47(48,49)50)38-30-51-39(23-31(38)2)32(3)55-45(61)65-46(4,5)6/h13-14,23-26,28-30,32,37,52,60H,7-12,15-22,27H2,1-6H3,(H,55,61)/t32-,37-/m0/s1. The van der Waals surface area contributed by atoms with Crippen molar-refractivity contribution >= 4 is 23.4 Å². The summed E-state index contributed by atoms with van der Waals surface area (Å²) in [6.45, 7) is 14.0. The molecule has 6 rings (SSSR count). The number of alkyl halides is 3. The molecule has 1 saturated heterocycles. The van der Waals surface area contributed by atoms with Gasteiger partial charge in [0, 0.05) is 73.7 Å². The van der Waals surface area contributed by atoms with Crippen LogP contribution >= 0.6 is 0 Å². The summed E-state index contributed by atoms with van der Waals surface area (Å²) in [5.41, 5.74) is 3.63. The van der Waals surface area contributed by atoms with E-state index < -0.39 is 29.6 Å². The number of carbonyl (C=O) groups excluding carboxylic acids is 1. The van der Waals surface area contributed by atoms with E-state index in [1.807, 2.05) is 28.9 Å². The molecule has 0 spiro atoms. The second kappa shape index (κ2) is 22.5. The van der Waals surface area contributed by atoms with Crippen molar-refractivity contribution < 1.29 is 42.0 Å². The highest BCUT2D eigenvalue weighted by Crippen LogP contribution is 2.34. The summed E-state index contributed by atoms with van der Waals surface area (Å²) in [5.74, 6) is 2.19. The third kappa shape index (κ3) is 14.0. The molecule has 0 radical (unpaired) electrons. The fraction of sp³-hybridized carbons (Fsp3) is 0.532. The van der Waals surface area contributed by atoms with Gasteiger partial charge in [0.05, 0.1) is 37.8 Å². The van der Waals surface area contributed by atoms with Crippen LogP contribution in [0, 0.1) is 6.92 Å². The molecule has 1 aliphatic rings. The molecular weight excluding hydrogens is 844 g/mol. The number of aromatic nitrogens is 6. The Kier molecular flexibility index (Phi) is 16.9. The lowest BCUT2D eigenvalue weighted by molar-refractivity contribution is -0.141. The fourth-order valence-electron chi connectivity index (χ4n) is 7.64. The van der Waals surface area contributed by atoms with Crippen LogP contribution in [0.1, 0.15) is 107 Å². The topological polar surface area (TPSA) is 170 Å². The van der Waals surface area contributed by atoms with Gasteiger partial charge in [-0.1, -0.05) is 13.0 Å². The van der Waals surface area contributed by atoms with Gasteiger partial charge in [0.2, 0.25) is 5.88 Å². The number of rotatable bonds is 21. The molecule has 352 valence electrons. The number of fused-ring (bicyclic) bond motifs is 1. The first kappa shape index (κ1) is 48.9. The number of amides is 1. The zero-order valence-corrected chi connectivity index (χ0v) is 38.2. The van der Waals surface area contributed by atoms with Crippen LogP contribution in [-0.4, -0.2) is 98.6 Å². The fourth-order valence-corrected chi connectivity index (χ4v) is 7.64. The van der Waals surface area contributed by atoms with Crippen LogP contribution in [0.3, 0.4) is 0 Å². The molecule has 6 heterocycles. The summed E-state index contributed by atoms with van der Waals surface area (Å²) >= 11 is 0. The number of nitrogens with one attached hydrogen (secondary N) is 2. The lowest BCUT2D eigenvalue weighted by atomic mass is 9.99. The van der Waals surface area contributed by atoms with Gasteiger partial charge < -0.3 is 39.6 Å². The molecule has 0 aliphatic carbocycles. The molecule has 18 heteroatoms. The Labute approximate surface area is 378 Å². The first-order valence-electron chi connectivity index (χ1n) is 22.4. The van der Waals surface area contributed by atoms with Gasteiger partial charge in [0.15, 0.2) is 5.65 Å². The Bertz CT molecular complexity index is 2320. The summed E-state index contributed by atoms with van der Waals surface area (Å²) in [7, 11) is 0. The average Bonchev–Trinajstić information content (AvgIpc) is 3.69. The minimum absolute atomic E-state index is 0.148. The van der Waals surface area contributed by atoms with E-state index >= 15 is 0 Å². The Morgan fingerprint density at radius 1 is 0.969 bits per heavy atom. The van der Waals surface area contributed by atoms with Crippen molar-refractivity contribution in [1.29, 1.82) is 0 Å². The third-order valence-corrected chi connectivity index (χ3v) is 10.9. The van der Waals surface area contributed by atoms with Crippen LogP contribution in [0.15, 0.2) is 55.0 Å². The highest BCUT2D eigenvalue weighted by molar-refractivity contribution is 5.69. The first-order valence-corrected chi connectivity index (χ1v) is 22.4. The zero-order chi connectivity index (χ0) is 46.6. The van der Waals surface area contributed by atoms with Gasteiger partial charge in [-0.25, -0.2) is 19.7 Å². The van der Waals surface area contributed by atoms with Crippen molar-refractivity contribution in [3.63, 3.8) is 0 Å². The molecule has 1 fully saturated rings. The van der Waals surface area contributed by atoms with Crippen LogP contribution in [0.4, 0.5) is 29.6 Å². The summed E-state index contributed by atoms with van der Waals surface area (Å²) in [6, 6.07) is 9.99. The maximum absolute atomic E-state index is 13.9. The average molecular weight is 906 g/mol. The molecule has 65 heavy (non-hydrogen) atoms. The maximum atomic E-state index is 13.9. The zero-order valence-electron chi connectivity index (χ0n) is 38.2. The Hall–Kier alpha value is -5.59. The molecule has 15 nitrogen and oxygen atoms in total. The number of alkyl carbamates (subject to hydrolysis) is 1. The van der Waals surface area contributed by atoms with Gasteiger partial charge in [0.1, 0.15) is 29.5 Å². The quantitative estimate of drug-likeness (QED) is 0.0600. The van der Waals surface area contributed by atoms with Crippen molar-refractivity contribution in [2.24, 2.45) is 0 Å². The van der Waals surface area contributed by atoms with E-state index in [2.05, 4.69) is 42.5 Å². The predicted octanol–water partition coefficient (Wildman–Crippen LogP) is 8.45. The van der Waals surface area contributed by atoms with Gasteiger partial charge in [-0.15, -0.1) is 0 Å². The monoisotopic (exact) mass is 905 g/mol.